The summed E-state index contributed by atoms with van der Waals surface area (Å²) in [6, 6.07) is 0. The summed E-state index contributed by atoms with van der Waals surface area (Å²) >= 11 is 0. The van der Waals surface area contributed by atoms with E-state index in [4.69, 9.17) is 5.11 Å². The Morgan fingerprint density at radius 3 is 2.93 bits per heavy atom. The second-order valence-corrected chi connectivity index (χ2v) is 4.13. The highest BCUT2D eigenvalue weighted by atomic mass is 16.3. The highest BCUT2D eigenvalue weighted by Crippen LogP contribution is 2.21. The maximum Gasteiger partial charge on any atom is 0.242 e. The molecule has 0 aliphatic carbocycles. The fourth-order valence-electron chi connectivity index (χ4n) is 1.98. The maximum atomic E-state index is 12.2. The molecule has 0 saturated carbocycles. The molecule has 0 aromatic carbocycles. The van der Waals surface area contributed by atoms with Gasteiger partial charge in [-0.3, -0.25) is 4.79 Å². The van der Waals surface area contributed by atoms with Gasteiger partial charge in [-0.1, -0.05) is 6.08 Å². The van der Waals surface area contributed by atoms with Crippen LogP contribution in [0.15, 0.2) is 12.7 Å². The zero-order valence-electron chi connectivity index (χ0n) is 9.33. The lowest BCUT2D eigenvalue weighted by molar-refractivity contribution is -0.137. The Morgan fingerprint density at radius 2 is 2.47 bits per heavy atom. The molecule has 0 aromatic heterocycles. The first-order valence-corrected chi connectivity index (χ1v) is 5.40. The molecule has 1 heterocycles. The molecule has 0 bridgehead atoms. The Labute approximate surface area is 91.0 Å². The number of hydrogen-bond donors (Lipinski definition) is 2. The van der Waals surface area contributed by atoms with Gasteiger partial charge in [-0.2, -0.15) is 0 Å². The Kier molecular flexibility index (Phi) is 4.29. The van der Waals surface area contributed by atoms with Gasteiger partial charge in [0.1, 0.15) is 0 Å². The molecule has 1 aliphatic heterocycles. The third-order valence-corrected chi connectivity index (χ3v) is 2.85. The fraction of sp³-hybridized carbons (Fsp3) is 0.727. The molecule has 15 heavy (non-hydrogen) atoms. The summed E-state index contributed by atoms with van der Waals surface area (Å²) in [5.74, 6) is 0.0638. The second-order valence-electron chi connectivity index (χ2n) is 4.13. The SMILES string of the molecule is C=CCN(CCO)C(=O)C1(C)CCCN1. The van der Waals surface area contributed by atoms with Crippen molar-refractivity contribution in [3.05, 3.63) is 12.7 Å². The number of aliphatic hydroxyl groups excluding tert-OH is 1. The number of nitrogens with one attached hydrogen (secondary N) is 1. The lowest BCUT2D eigenvalue weighted by atomic mass is 9.98. The van der Waals surface area contributed by atoms with E-state index in [0.717, 1.165) is 19.4 Å². The Morgan fingerprint density at radius 1 is 1.73 bits per heavy atom. The standard InChI is InChI=1S/C11H20N2O2/c1-3-7-13(8-9-14)10(15)11(2)5-4-6-12-11/h3,12,14H,1,4-9H2,2H3. The van der Waals surface area contributed by atoms with Crippen LogP contribution < -0.4 is 5.32 Å². The smallest absolute Gasteiger partial charge is 0.242 e. The molecule has 1 saturated heterocycles. The van der Waals surface area contributed by atoms with Crippen LogP contribution in [0, 0.1) is 0 Å². The number of aliphatic hydroxyl groups is 1. The third-order valence-electron chi connectivity index (χ3n) is 2.85. The maximum absolute atomic E-state index is 12.2. The van der Waals surface area contributed by atoms with Crippen LogP contribution in [0.25, 0.3) is 0 Å². The average molecular weight is 212 g/mol. The zero-order valence-corrected chi connectivity index (χ0v) is 9.33. The summed E-state index contributed by atoms with van der Waals surface area (Å²) in [4.78, 5) is 13.8. The predicted molar refractivity (Wildman–Crippen MR) is 59.5 cm³/mol. The Balaban J connectivity index is 2.65. The Bertz CT molecular complexity index is 235. The fourth-order valence-corrected chi connectivity index (χ4v) is 1.98. The molecule has 2 N–H and O–H groups in total. The van der Waals surface area contributed by atoms with Gasteiger partial charge in [-0.15, -0.1) is 6.58 Å². The van der Waals surface area contributed by atoms with E-state index in [1.165, 1.54) is 0 Å². The second kappa shape index (κ2) is 5.28. The van der Waals surface area contributed by atoms with Gasteiger partial charge in [0.25, 0.3) is 0 Å². The van der Waals surface area contributed by atoms with Crippen LogP contribution in [-0.4, -0.2) is 47.7 Å². The van der Waals surface area contributed by atoms with Crippen LogP contribution >= 0.6 is 0 Å². The van der Waals surface area contributed by atoms with Crippen molar-refractivity contribution in [1.29, 1.82) is 0 Å². The minimum absolute atomic E-state index is 0.00431. The van der Waals surface area contributed by atoms with E-state index in [1.807, 2.05) is 6.92 Å². The van der Waals surface area contributed by atoms with Crippen molar-refractivity contribution in [3.63, 3.8) is 0 Å². The van der Waals surface area contributed by atoms with Crippen molar-refractivity contribution >= 4 is 5.91 Å². The number of nitrogens with zero attached hydrogens (tertiary/aromatic N) is 1. The molecule has 0 spiro atoms. The molecule has 1 fully saturated rings. The number of rotatable bonds is 5. The average Bonchev–Trinajstić information content (AvgIpc) is 2.65. The van der Waals surface area contributed by atoms with Crippen molar-refractivity contribution in [3.8, 4) is 0 Å². The van der Waals surface area contributed by atoms with Gasteiger partial charge >= 0.3 is 0 Å². The monoisotopic (exact) mass is 212 g/mol. The van der Waals surface area contributed by atoms with Gasteiger partial charge in [0.2, 0.25) is 5.91 Å². The van der Waals surface area contributed by atoms with Crippen LogP contribution in [-0.2, 0) is 4.79 Å². The minimum atomic E-state index is -0.446. The van der Waals surface area contributed by atoms with Gasteiger partial charge in [0, 0.05) is 13.1 Å². The van der Waals surface area contributed by atoms with Gasteiger partial charge in [-0.25, -0.2) is 0 Å². The highest BCUT2D eigenvalue weighted by molar-refractivity contribution is 5.86. The van der Waals surface area contributed by atoms with Gasteiger partial charge < -0.3 is 15.3 Å². The highest BCUT2D eigenvalue weighted by Gasteiger charge is 2.38. The van der Waals surface area contributed by atoms with E-state index >= 15 is 0 Å². The van der Waals surface area contributed by atoms with Crippen LogP contribution in [0.1, 0.15) is 19.8 Å². The molecule has 4 heteroatoms. The van der Waals surface area contributed by atoms with Crippen LogP contribution in [0.5, 0.6) is 0 Å². The van der Waals surface area contributed by atoms with E-state index in [0.29, 0.717) is 13.1 Å². The summed E-state index contributed by atoms with van der Waals surface area (Å²) in [5.41, 5.74) is -0.446. The van der Waals surface area contributed by atoms with Gasteiger partial charge in [-0.05, 0) is 26.3 Å². The molecular weight excluding hydrogens is 192 g/mol. The van der Waals surface area contributed by atoms with Crippen molar-refractivity contribution < 1.29 is 9.90 Å². The van der Waals surface area contributed by atoms with E-state index in [2.05, 4.69) is 11.9 Å². The summed E-state index contributed by atoms with van der Waals surface area (Å²) in [6.07, 6.45) is 3.58. The van der Waals surface area contributed by atoms with Gasteiger partial charge in [0.05, 0.1) is 12.1 Å². The summed E-state index contributed by atoms with van der Waals surface area (Å²) < 4.78 is 0. The van der Waals surface area contributed by atoms with E-state index < -0.39 is 5.54 Å². The topological polar surface area (TPSA) is 52.6 Å². The van der Waals surface area contributed by atoms with Crippen molar-refractivity contribution in [2.75, 3.05) is 26.2 Å². The van der Waals surface area contributed by atoms with Crippen molar-refractivity contribution in [2.45, 2.75) is 25.3 Å². The molecule has 86 valence electrons. The molecule has 1 amide bonds. The number of carbonyl (C=O) groups is 1. The lowest BCUT2D eigenvalue weighted by Gasteiger charge is -2.30. The molecule has 1 unspecified atom stereocenters. The summed E-state index contributed by atoms with van der Waals surface area (Å²) in [5, 5.41) is 12.1. The summed E-state index contributed by atoms with van der Waals surface area (Å²) in [7, 11) is 0. The normalized spacial score (nSPS) is 25.2. The number of amides is 1. The first-order valence-electron chi connectivity index (χ1n) is 5.40. The van der Waals surface area contributed by atoms with Crippen LogP contribution in [0.4, 0.5) is 0 Å². The first kappa shape index (κ1) is 12.2. The van der Waals surface area contributed by atoms with E-state index in [9.17, 15) is 4.79 Å². The molecular formula is C11H20N2O2. The lowest BCUT2D eigenvalue weighted by Crippen LogP contribution is -2.53. The quantitative estimate of drug-likeness (QED) is 0.637. The molecule has 1 aliphatic rings. The number of carbonyl (C=O) groups excluding carboxylic acids is 1. The molecule has 0 aromatic rings. The van der Waals surface area contributed by atoms with Gasteiger partial charge in [0.15, 0.2) is 0 Å². The molecule has 1 atom stereocenters. The van der Waals surface area contributed by atoms with Crippen LogP contribution in [0.3, 0.4) is 0 Å². The van der Waals surface area contributed by atoms with Crippen molar-refractivity contribution in [2.24, 2.45) is 0 Å². The molecule has 1 rings (SSSR count). The molecule has 4 nitrogen and oxygen atoms in total. The predicted octanol–water partition coefficient (Wildman–Crippen LogP) is 0.135. The van der Waals surface area contributed by atoms with E-state index in [1.54, 1.807) is 11.0 Å². The molecule has 0 radical (unpaired) electrons. The third kappa shape index (κ3) is 2.79. The summed E-state index contributed by atoms with van der Waals surface area (Å²) in [6.45, 7) is 7.31. The minimum Gasteiger partial charge on any atom is -0.395 e. The zero-order chi connectivity index (χ0) is 11.3. The number of hydrogen-bond acceptors (Lipinski definition) is 3. The first-order chi connectivity index (χ1) is 7.14. The van der Waals surface area contributed by atoms with Crippen LogP contribution in [0.2, 0.25) is 0 Å². The van der Waals surface area contributed by atoms with Crippen molar-refractivity contribution in [1.82, 2.24) is 10.2 Å². The van der Waals surface area contributed by atoms with E-state index in [-0.39, 0.29) is 12.5 Å². The largest absolute Gasteiger partial charge is 0.395 e. The Hall–Kier alpha value is -0.870.